The minimum atomic E-state index is -0.552. The van der Waals surface area contributed by atoms with E-state index in [1.165, 1.54) is 0 Å². The molecular weight excluding hydrogens is 392 g/mol. The molecule has 0 radical (unpaired) electrons. The lowest BCUT2D eigenvalue weighted by molar-refractivity contribution is -0.133. The quantitative estimate of drug-likeness (QED) is 0.752. The van der Waals surface area contributed by atoms with E-state index in [-0.39, 0.29) is 23.1 Å². The molecule has 31 heavy (non-hydrogen) atoms. The first-order valence-electron chi connectivity index (χ1n) is 11.5. The molecule has 1 N–H and O–H groups in total. The van der Waals surface area contributed by atoms with E-state index >= 15 is 0 Å². The molecule has 7 heteroatoms. The lowest BCUT2D eigenvalue weighted by atomic mass is 9.89. The summed E-state index contributed by atoms with van der Waals surface area (Å²) in [5.41, 5.74) is 2.55. The molecule has 0 aromatic carbocycles. The lowest BCUT2D eigenvalue weighted by Gasteiger charge is -2.27. The maximum Gasteiger partial charge on any atom is 0.259 e. The predicted molar refractivity (Wildman–Crippen MR) is 119 cm³/mol. The van der Waals surface area contributed by atoms with Gasteiger partial charge in [0, 0.05) is 24.7 Å². The van der Waals surface area contributed by atoms with Crippen LogP contribution in [-0.2, 0) is 11.2 Å². The molecule has 2 aromatic heterocycles. The summed E-state index contributed by atoms with van der Waals surface area (Å²) < 4.78 is 5.57. The zero-order chi connectivity index (χ0) is 22.3. The van der Waals surface area contributed by atoms with Crippen LogP contribution in [0.5, 0.6) is 0 Å². The fourth-order valence-corrected chi connectivity index (χ4v) is 4.29. The molecule has 2 aliphatic rings. The van der Waals surface area contributed by atoms with Gasteiger partial charge < -0.3 is 14.7 Å². The Kier molecular flexibility index (Phi) is 5.79. The molecule has 0 spiro atoms. The van der Waals surface area contributed by atoms with Gasteiger partial charge in [-0.05, 0) is 49.5 Å². The molecule has 0 bridgehead atoms. The second kappa shape index (κ2) is 8.24. The number of pyridine rings is 1. The van der Waals surface area contributed by atoms with E-state index in [4.69, 9.17) is 4.52 Å². The Hall–Kier alpha value is -2.44. The predicted octanol–water partition coefficient (Wildman–Crippen LogP) is 4.07. The number of aromatic nitrogens is 2. The standard InChI is InChI=1S/C24H34N4O3/c1-14(2)20(23(30)28-10-6-7-11-28)26-21(29)16-12-17(15-8-9-15)25-22-19(16)18(27-31-22)13-24(3,4)5/h12,14-15,20H,6-11,13H2,1-5H3,(H,26,29)/t20-/m0/s1. The molecule has 1 saturated heterocycles. The minimum absolute atomic E-state index is 0.00574. The Morgan fingerprint density at radius 1 is 1.23 bits per heavy atom. The summed E-state index contributed by atoms with van der Waals surface area (Å²) in [5.74, 6) is 0.126. The van der Waals surface area contributed by atoms with Crippen molar-refractivity contribution in [2.24, 2.45) is 11.3 Å². The molecule has 2 fully saturated rings. The molecule has 168 valence electrons. The van der Waals surface area contributed by atoms with Crippen molar-refractivity contribution in [3.8, 4) is 0 Å². The summed E-state index contributed by atoms with van der Waals surface area (Å²) >= 11 is 0. The molecule has 1 atom stereocenters. The van der Waals surface area contributed by atoms with Crippen LogP contribution in [0.2, 0.25) is 0 Å². The van der Waals surface area contributed by atoms with Gasteiger partial charge in [0.2, 0.25) is 5.91 Å². The van der Waals surface area contributed by atoms with E-state index in [1.807, 2.05) is 24.8 Å². The largest absolute Gasteiger partial charge is 0.341 e. The van der Waals surface area contributed by atoms with Gasteiger partial charge in [0.15, 0.2) is 0 Å². The van der Waals surface area contributed by atoms with Crippen molar-refractivity contribution in [2.75, 3.05) is 13.1 Å². The third kappa shape index (κ3) is 4.75. The van der Waals surface area contributed by atoms with Gasteiger partial charge in [-0.2, -0.15) is 0 Å². The van der Waals surface area contributed by atoms with Crippen LogP contribution in [0.25, 0.3) is 11.1 Å². The average Bonchev–Trinajstić information content (AvgIpc) is 3.25. The van der Waals surface area contributed by atoms with Crippen molar-refractivity contribution < 1.29 is 14.1 Å². The molecule has 0 unspecified atom stereocenters. The molecule has 2 aromatic rings. The topological polar surface area (TPSA) is 88.3 Å². The Morgan fingerprint density at radius 2 is 1.90 bits per heavy atom. The highest BCUT2D eigenvalue weighted by Crippen LogP contribution is 2.41. The van der Waals surface area contributed by atoms with Crippen LogP contribution in [0.1, 0.15) is 88.0 Å². The van der Waals surface area contributed by atoms with Crippen molar-refractivity contribution in [2.45, 2.75) is 78.7 Å². The summed E-state index contributed by atoms with van der Waals surface area (Å²) in [6, 6.07) is 1.33. The second-order valence-electron chi connectivity index (χ2n) is 10.6. The zero-order valence-electron chi connectivity index (χ0n) is 19.3. The maximum atomic E-state index is 13.5. The van der Waals surface area contributed by atoms with Gasteiger partial charge in [0.25, 0.3) is 11.6 Å². The van der Waals surface area contributed by atoms with Gasteiger partial charge in [0.05, 0.1) is 16.6 Å². The zero-order valence-corrected chi connectivity index (χ0v) is 19.3. The summed E-state index contributed by atoms with van der Waals surface area (Å²) in [5, 5.41) is 7.98. The lowest BCUT2D eigenvalue weighted by Crippen LogP contribution is -2.50. The van der Waals surface area contributed by atoms with Gasteiger partial charge in [-0.3, -0.25) is 9.59 Å². The Morgan fingerprint density at radius 3 is 2.48 bits per heavy atom. The van der Waals surface area contributed by atoms with Crippen LogP contribution in [0.15, 0.2) is 10.6 Å². The van der Waals surface area contributed by atoms with E-state index in [2.05, 4.69) is 36.2 Å². The minimum Gasteiger partial charge on any atom is -0.341 e. The van der Waals surface area contributed by atoms with Gasteiger partial charge >= 0.3 is 0 Å². The van der Waals surface area contributed by atoms with Crippen LogP contribution in [0, 0.1) is 11.3 Å². The third-order valence-corrected chi connectivity index (χ3v) is 6.11. The molecule has 1 aliphatic heterocycles. The van der Waals surface area contributed by atoms with Crippen molar-refractivity contribution in [1.82, 2.24) is 20.4 Å². The molecule has 2 amide bonds. The van der Waals surface area contributed by atoms with E-state index < -0.39 is 6.04 Å². The number of amides is 2. The maximum absolute atomic E-state index is 13.5. The van der Waals surface area contributed by atoms with E-state index in [1.54, 1.807) is 0 Å². The number of hydrogen-bond acceptors (Lipinski definition) is 5. The van der Waals surface area contributed by atoms with Gasteiger partial charge in [0.1, 0.15) is 6.04 Å². The third-order valence-electron chi connectivity index (χ3n) is 6.11. The van der Waals surface area contributed by atoms with Crippen LogP contribution in [0.3, 0.4) is 0 Å². The first-order chi connectivity index (χ1) is 14.6. The molecule has 4 rings (SSSR count). The van der Waals surface area contributed by atoms with Crippen LogP contribution in [-0.4, -0.2) is 46.0 Å². The van der Waals surface area contributed by atoms with Gasteiger partial charge in [-0.25, -0.2) is 4.98 Å². The number of fused-ring (bicyclic) bond motifs is 1. The highest BCUT2D eigenvalue weighted by Gasteiger charge is 2.33. The molecule has 1 saturated carbocycles. The highest BCUT2D eigenvalue weighted by atomic mass is 16.5. The molecule has 7 nitrogen and oxygen atoms in total. The number of rotatable bonds is 6. The monoisotopic (exact) mass is 426 g/mol. The number of carbonyl (C=O) groups excluding carboxylic acids is 2. The normalized spacial score (nSPS) is 18.1. The summed E-state index contributed by atoms with van der Waals surface area (Å²) in [6.07, 6.45) is 4.87. The second-order valence-corrected chi connectivity index (χ2v) is 10.6. The van der Waals surface area contributed by atoms with Crippen LogP contribution >= 0.6 is 0 Å². The SMILES string of the molecule is CC(C)[C@H](NC(=O)c1cc(C2CC2)nc2onc(CC(C)(C)C)c12)C(=O)N1CCCC1. The van der Waals surface area contributed by atoms with Crippen molar-refractivity contribution in [3.05, 3.63) is 23.0 Å². The number of nitrogens with zero attached hydrogens (tertiary/aromatic N) is 3. The fourth-order valence-electron chi connectivity index (χ4n) is 4.29. The average molecular weight is 427 g/mol. The van der Waals surface area contributed by atoms with Gasteiger partial charge in [-0.1, -0.05) is 39.8 Å². The van der Waals surface area contributed by atoms with Crippen LogP contribution in [0.4, 0.5) is 0 Å². The van der Waals surface area contributed by atoms with E-state index in [0.717, 1.165) is 50.2 Å². The molecule has 3 heterocycles. The molecule has 1 aliphatic carbocycles. The first kappa shape index (κ1) is 21.8. The Bertz CT molecular complexity index is 979. The number of hydrogen-bond donors (Lipinski definition) is 1. The number of carbonyl (C=O) groups is 2. The number of likely N-dealkylation sites (tertiary alicyclic amines) is 1. The first-order valence-corrected chi connectivity index (χ1v) is 11.5. The van der Waals surface area contributed by atoms with E-state index in [9.17, 15) is 9.59 Å². The smallest absolute Gasteiger partial charge is 0.259 e. The summed E-state index contributed by atoms with van der Waals surface area (Å²) in [6.45, 7) is 11.9. The van der Waals surface area contributed by atoms with Crippen molar-refractivity contribution >= 4 is 22.9 Å². The summed E-state index contributed by atoms with van der Waals surface area (Å²) in [4.78, 5) is 33.1. The summed E-state index contributed by atoms with van der Waals surface area (Å²) in [7, 11) is 0. The van der Waals surface area contributed by atoms with E-state index in [0.29, 0.717) is 29.0 Å². The van der Waals surface area contributed by atoms with Gasteiger partial charge in [-0.15, -0.1) is 0 Å². The van der Waals surface area contributed by atoms with Crippen LogP contribution < -0.4 is 5.32 Å². The highest BCUT2D eigenvalue weighted by molar-refractivity contribution is 6.07. The fraction of sp³-hybridized carbons (Fsp3) is 0.667. The molecular formula is C24H34N4O3. The Balaban J connectivity index is 1.69. The van der Waals surface area contributed by atoms with Crippen molar-refractivity contribution in [3.63, 3.8) is 0 Å². The number of nitrogens with one attached hydrogen (secondary N) is 1. The van der Waals surface area contributed by atoms with Crippen molar-refractivity contribution in [1.29, 1.82) is 0 Å². The Labute approximate surface area is 183 Å².